The molecular weight excluding hydrogens is 402 g/mol. The molecule has 0 spiro atoms. The topological polar surface area (TPSA) is 94.3 Å². The van der Waals surface area contributed by atoms with E-state index in [1.54, 1.807) is 31.2 Å². The molecule has 0 aliphatic heterocycles. The number of aryl methyl sites for hydroxylation is 1. The van der Waals surface area contributed by atoms with Gasteiger partial charge in [-0.1, -0.05) is 31.2 Å². The summed E-state index contributed by atoms with van der Waals surface area (Å²) in [6.45, 7) is 3.61. The first-order chi connectivity index (χ1) is 14.5. The average Bonchev–Trinajstić information content (AvgIpc) is 3.37. The molecule has 30 heavy (non-hydrogen) atoms. The number of carbonyl (C=O) groups excluding carboxylic acids is 2. The lowest BCUT2D eigenvalue weighted by Gasteiger charge is -2.16. The molecule has 0 bridgehead atoms. The number of nitrogens with zero attached hydrogens (tertiary/aromatic N) is 2. The monoisotopic (exact) mass is 421 g/mol. The van der Waals surface area contributed by atoms with Crippen LogP contribution in [0.1, 0.15) is 29.4 Å². The van der Waals surface area contributed by atoms with Gasteiger partial charge in [-0.3, -0.25) is 10.1 Å². The number of fused-ring (bicyclic) bond motifs is 1. The minimum atomic E-state index is -0.946. The van der Waals surface area contributed by atoms with Crippen LogP contribution in [0.25, 0.3) is 22.6 Å². The summed E-state index contributed by atoms with van der Waals surface area (Å²) >= 11 is 1.32. The Morgan fingerprint density at radius 3 is 2.63 bits per heavy atom. The van der Waals surface area contributed by atoms with Gasteiger partial charge in [0.15, 0.2) is 16.8 Å². The molecule has 2 aromatic carbocycles. The lowest BCUT2D eigenvalue weighted by atomic mass is 10.1. The number of anilines is 1. The maximum absolute atomic E-state index is 12.9. The van der Waals surface area contributed by atoms with Crippen molar-refractivity contribution in [2.45, 2.75) is 26.4 Å². The Hall–Kier alpha value is -3.52. The standard InChI is InChI=1S/C22H19N3O4S/c1-3-17(19(26)25-22-23-13(2)12-30-22)29-21(27)15-9-5-4-8-14(15)20-24-16-10-6-7-11-18(16)28-20/h4-12,17H,3H2,1-2H3,(H,23,25,26). The van der Waals surface area contributed by atoms with Gasteiger partial charge < -0.3 is 9.15 Å². The van der Waals surface area contributed by atoms with Crippen molar-refractivity contribution in [3.63, 3.8) is 0 Å². The van der Waals surface area contributed by atoms with Gasteiger partial charge in [0.2, 0.25) is 5.89 Å². The summed E-state index contributed by atoms with van der Waals surface area (Å²) in [5.41, 5.74) is 2.91. The normalized spacial score (nSPS) is 11.9. The number of hydrogen-bond donors (Lipinski definition) is 1. The van der Waals surface area contributed by atoms with Crippen LogP contribution in [0.4, 0.5) is 5.13 Å². The third-order valence-electron chi connectivity index (χ3n) is 4.43. The molecule has 0 saturated carbocycles. The number of benzene rings is 2. The zero-order chi connectivity index (χ0) is 21.1. The van der Waals surface area contributed by atoms with Gasteiger partial charge in [-0.05, 0) is 37.6 Å². The number of esters is 1. The molecule has 7 nitrogen and oxygen atoms in total. The average molecular weight is 421 g/mol. The van der Waals surface area contributed by atoms with Crippen molar-refractivity contribution in [2.24, 2.45) is 0 Å². The Labute approximate surface area is 176 Å². The van der Waals surface area contributed by atoms with Crippen molar-refractivity contribution < 1.29 is 18.7 Å². The van der Waals surface area contributed by atoms with E-state index in [-0.39, 0.29) is 5.56 Å². The summed E-state index contributed by atoms with van der Waals surface area (Å²) in [4.78, 5) is 34.1. The van der Waals surface area contributed by atoms with Crippen molar-refractivity contribution in [1.82, 2.24) is 9.97 Å². The minimum absolute atomic E-state index is 0.278. The fourth-order valence-electron chi connectivity index (χ4n) is 2.95. The van der Waals surface area contributed by atoms with Crippen LogP contribution in [-0.2, 0) is 9.53 Å². The van der Waals surface area contributed by atoms with E-state index in [0.29, 0.717) is 34.1 Å². The molecule has 0 fully saturated rings. The number of carbonyl (C=O) groups is 2. The first-order valence-corrected chi connectivity index (χ1v) is 10.3. The number of hydrogen-bond acceptors (Lipinski definition) is 7. The summed E-state index contributed by atoms with van der Waals surface area (Å²) in [5.74, 6) is -0.718. The molecule has 0 saturated heterocycles. The maximum Gasteiger partial charge on any atom is 0.339 e. The van der Waals surface area contributed by atoms with Crippen molar-refractivity contribution in [3.8, 4) is 11.5 Å². The molecule has 0 radical (unpaired) electrons. The van der Waals surface area contributed by atoms with Gasteiger partial charge >= 0.3 is 5.97 Å². The van der Waals surface area contributed by atoms with E-state index in [9.17, 15) is 9.59 Å². The summed E-state index contributed by atoms with van der Waals surface area (Å²) in [7, 11) is 0. The molecular formula is C22H19N3O4S. The number of oxazole rings is 1. The van der Waals surface area contributed by atoms with Crippen LogP contribution in [0, 0.1) is 6.92 Å². The third-order valence-corrected chi connectivity index (χ3v) is 5.31. The highest BCUT2D eigenvalue weighted by Crippen LogP contribution is 2.28. The number of rotatable bonds is 6. The second-order valence-electron chi connectivity index (χ2n) is 6.62. The number of nitrogens with one attached hydrogen (secondary N) is 1. The quantitative estimate of drug-likeness (QED) is 0.448. The number of thiazole rings is 1. The highest BCUT2D eigenvalue weighted by Gasteiger charge is 2.25. The number of aromatic nitrogens is 2. The maximum atomic E-state index is 12.9. The van der Waals surface area contributed by atoms with Crippen LogP contribution >= 0.6 is 11.3 Å². The van der Waals surface area contributed by atoms with E-state index in [1.165, 1.54) is 11.3 Å². The molecule has 1 unspecified atom stereocenters. The molecule has 4 aromatic rings. The highest BCUT2D eigenvalue weighted by molar-refractivity contribution is 7.13. The molecule has 1 N–H and O–H groups in total. The summed E-state index contributed by atoms with van der Waals surface area (Å²) in [6, 6.07) is 14.2. The minimum Gasteiger partial charge on any atom is -0.449 e. The van der Waals surface area contributed by atoms with Crippen LogP contribution in [-0.4, -0.2) is 27.9 Å². The van der Waals surface area contributed by atoms with E-state index >= 15 is 0 Å². The smallest absolute Gasteiger partial charge is 0.339 e. The molecule has 0 aliphatic carbocycles. The second-order valence-corrected chi connectivity index (χ2v) is 7.48. The van der Waals surface area contributed by atoms with E-state index in [1.807, 2.05) is 36.6 Å². The number of ether oxygens (including phenoxy) is 1. The van der Waals surface area contributed by atoms with Crippen LogP contribution in [0.15, 0.2) is 58.3 Å². The van der Waals surface area contributed by atoms with E-state index in [0.717, 1.165) is 5.69 Å². The van der Waals surface area contributed by atoms with Crippen molar-refractivity contribution >= 4 is 39.4 Å². The predicted octanol–water partition coefficient (Wildman–Crippen LogP) is 4.83. The Balaban J connectivity index is 1.56. The first-order valence-electron chi connectivity index (χ1n) is 9.44. The fraction of sp³-hybridized carbons (Fsp3) is 0.182. The second kappa shape index (κ2) is 8.46. The van der Waals surface area contributed by atoms with Gasteiger partial charge in [0.1, 0.15) is 5.52 Å². The lowest BCUT2D eigenvalue weighted by molar-refractivity contribution is -0.124. The van der Waals surface area contributed by atoms with Crippen LogP contribution < -0.4 is 5.32 Å². The van der Waals surface area contributed by atoms with Gasteiger partial charge in [0.05, 0.1) is 16.8 Å². The largest absolute Gasteiger partial charge is 0.449 e. The van der Waals surface area contributed by atoms with Gasteiger partial charge in [0, 0.05) is 5.38 Å². The van der Waals surface area contributed by atoms with Gasteiger partial charge in [-0.25, -0.2) is 14.8 Å². The highest BCUT2D eigenvalue weighted by atomic mass is 32.1. The summed E-state index contributed by atoms with van der Waals surface area (Å²) in [5, 5.41) is 5.00. The van der Waals surface area contributed by atoms with E-state index < -0.39 is 18.0 Å². The van der Waals surface area contributed by atoms with Gasteiger partial charge in [-0.2, -0.15) is 0 Å². The molecule has 4 rings (SSSR count). The zero-order valence-electron chi connectivity index (χ0n) is 16.4. The fourth-order valence-corrected chi connectivity index (χ4v) is 3.64. The molecule has 8 heteroatoms. The summed E-state index contributed by atoms with van der Waals surface area (Å²) < 4.78 is 11.3. The zero-order valence-corrected chi connectivity index (χ0v) is 17.2. The van der Waals surface area contributed by atoms with Crippen molar-refractivity contribution in [1.29, 1.82) is 0 Å². The van der Waals surface area contributed by atoms with E-state index in [2.05, 4.69) is 15.3 Å². The third kappa shape index (κ3) is 4.08. The van der Waals surface area contributed by atoms with Gasteiger partial charge in [-0.15, -0.1) is 11.3 Å². The molecule has 2 heterocycles. The Bertz CT molecular complexity index is 1180. The van der Waals surface area contributed by atoms with Crippen molar-refractivity contribution in [3.05, 3.63) is 65.2 Å². The molecule has 2 aromatic heterocycles. The molecule has 1 atom stereocenters. The first kappa shape index (κ1) is 19.8. The van der Waals surface area contributed by atoms with Crippen LogP contribution in [0.5, 0.6) is 0 Å². The Morgan fingerprint density at radius 2 is 1.90 bits per heavy atom. The lowest BCUT2D eigenvalue weighted by Crippen LogP contribution is -2.32. The number of para-hydroxylation sites is 2. The Kier molecular flexibility index (Phi) is 5.58. The van der Waals surface area contributed by atoms with Gasteiger partial charge in [0.25, 0.3) is 5.91 Å². The summed E-state index contributed by atoms with van der Waals surface area (Å²) in [6.07, 6.45) is -0.620. The molecule has 152 valence electrons. The Morgan fingerprint density at radius 1 is 1.13 bits per heavy atom. The number of amides is 1. The SMILES string of the molecule is CCC(OC(=O)c1ccccc1-c1nc2ccccc2o1)C(=O)Nc1nc(C)cs1. The molecule has 0 aliphatic rings. The van der Waals surface area contributed by atoms with Crippen molar-refractivity contribution in [2.75, 3.05) is 5.32 Å². The molecule has 1 amide bonds. The predicted molar refractivity (Wildman–Crippen MR) is 114 cm³/mol. The van der Waals surface area contributed by atoms with Crippen LogP contribution in [0.2, 0.25) is 0 Å². The van der Waals surface area contributed by atoms with E-state index in [4.69, 9.17) is 9.15 Å². The van der Waals surface area contributed by atoms with Crippen LogP contribution in [0.3, 0.4) is 0 Å².